The fourth-order valence-corrected chi connectivity index (χ4v) is 7.36. The first-order valence-electron chi connectivity index (χ1n) is 11.4. The molecule has 0 spiro atoms. The Labute approximate surface area is 176 Å². The minimum atomic E-state index is 0.487. The van der Waals surface area contributed by atoms with Crippen LogP contribution in [0.4, 0.5) is 0 Å². The molecule has 0 bridgehead atoms. The molecule has 2 saturated carbocycles. The second kappa shape index (κ2) is 8.00. The van der Waals surface area contributed by atoms with Gasteiger partial charge in [0, 0.05) is 30.3 Å². The maximum Gasteiger partial charge on any atom is 0.104 e. The van der Waals surface area contributed by atoms with Crippen molar-refractivity contribution in [3.8, 4) is 0 Å². The molecule has 0 amide bonds. The van der Waals surface area contributed by atoms with Crippen molar-refractivity contribution in [1.82, 2.24) is 10.0 Å². The monoisotopic (exact) mass is 403 g/mol. The van der Waals surface area contributed by atoms with E-state index in [2.05, 4.69) is 38.1 Å². The molecule has 3 aliphatic rings. The highest BCUT2D eigenvalue weighted by atomic mass is 32.1. The summed E-state index contributed by atoms with van der Waals surface area (Å²) in [5.74, 6) is 3.05. The molecular formula is C24H39N2OS. The molecule has 0 N–H and O–H groups in total. The molecule has 3 nitrogen and oxygen atoms in total. The highest BCUT2D eigenvalue weighted by Crippen LogP contribution is 2.59. The van der Waals surface area contributed by atoms with E-state index < -0.39 is 0 Å². The van der Waals surface area contributed by atoms with Gasteiger partial charge in [0.05, 0.1) is 10.7 Å². The van der Waals surface area contributed by atoms with Gasteiger partial charge in [-0.3, -0.25) is 4.84 Å². The highest BCUT2D eigenvalue weighted by Gasteiger charge is 2.50. The third kappa shape index (κ3) is 4.06. The molecule has 28 heavy (non-hydrogen) atoms. The topological polar surface area (TPSA) is 25.4 Å². The Balaban J connectivity index is 1.42. The van der Waals surface area contributed by atoms with Crippen LogP contribution in [0.1, 0.15) is 102 Å². The van der Waals surface area contributed by atoms with Crippen LogP contribution in [-0.4, -0.2) is 23.1 Å². The van der Waals surface area contributed by atoms with E-state index in [-0.39, 0.29) is 0 Å². The van der Waals surface area contributed by atoms with E-state index in [0.717, 1.165) is 37.8 Å². The number of hydrogen-bond donors (Lipinski definition) is 0. The zero-order valence-corrected chi connectivity index (χ0v) is 19.4. The van der Waals surface area contributed by atoms with Crippen molar-refractivity contribution in [3.05, 3.63) is 22.7 Å². The average molecular weight is 404 g/mol. The summed E-state index contributed by atoms with van der Waals surface area (Å²) in [5, 5.41) is 5.85. The first kappa shape index (κ1) is 20.8. The molecule has 3 atom stereocenters. The van der Waals surface area contributed by atoms with Gasteiger partial charge in [-0.25, -0.2) is 4.98 Å². The van der Waals surface area contributed by atoms with Crippen LogP contribution in [0.2, 0.25) is 0 Å². The summed E-state index contributed by atoms with van der Waals surface area (Å²) in [4.78, 5) is 10.7. The zero-order chi connectivity index (χ0) is 19.9. The largest absolute Gasteiger partial charge is 0.293 e. The first-order chi connectivity index (χ1) is 13.3. The summed E-state index contributed by atoms with van der Waals surface area (Å²) in [6.45, 7) is 15.9. The number of fused-ring (bicyclic) bond motifs is 1. The van der Waals surface area contributed by atoms with Crippen molar-refractivity contribution in [2.24, 2.45) is 22.7 Å². The minimum Gasteiger partial charge on any atom is -0.293 e. The van der Waals surface area contributed by atoms with E-state index in [4.69, 9.17) is 9.82 Å². The lowest BCUT2D eigenvalue weighted by molar-refractivity contribution is -0.138. The van der Waals surface area contributed by atoms with Crippen molar-refractivity contribution < 1.29 is 4.84 Å². The van der Waals surface area contributed by atoms with Crippen LogP contribution in [0.25, 0.3) is 0 Å². The molecule has 4 heteroatoms. The van der Waals surface area contributed by atoms with Crippen LogP contribution in [0, 0.1) is 29.3 Å². The summed E-state index contributed by atoms with van der Waals surface area (Å²) < 4.78 is 0. The molecule has 3 fully saturated rings. The fourth-order valence-electron chi connectivity index (χ4n) is 6.29. The van der Waals surface area contributed by atoms with Crippen LogP contribution in [0.3, 0.4) is 0 Å². The Hall–Kier alpha value is -0.450. The number of piperidine rings is 1. The second-order valence-electron chi connectivity index (χ2n) is 10.9. The molecule has 1 radical (unpaired) electrons. The third-order valence-electron chi connectivity index (χ3n) is 8.29. The van der Waals surface area contributed by atoms with Gasteiger partial charge in [0.15, 0.2) is 0 Å². The van der Waals surface area contributed by atoms with Crippen LogP contribution < -0.4 is 0 Å². The van der Waals surface area contributed by atoms with Crippen LogP contribution >= 0.6 is 11.3 Å². The van der Waals surface area contributed by atoms with Gasteiger partial charge in [-0.05, 0) is 74.5 Å². The Morgan fingerprint density at radius 1 is 1.00 bits per heavy atom. The molecule has 1 aromatic rings. The molecule has 1 aromatic heterocycles. The highest BCUT2D eigenvalue weighted by molar-refractivity contribution is 7.09. The van der Waals surface area contributed by atoms with E-state index in [0.29, 0.717) is 22.7 Å². The number of aromatic nitrogens is 1. The van der Waals surface area contributed by atoms with Crippen molar-refractivity contribution in [2.45, 2.75) is 91.4 Å². The number of hydrogen-bond acceptors (Lipinski definition) is 4. The lowest BCUT2D eigenvalue weighted by atomic mass is 9.49. The summed E-state index contributed by atoms with van der Waals surface area (Å²) in [6.07, 6.45) is 9.18. The van der Waals surface area contributed by atoms with Crippen LogP contribution in [0.5, 0.6) is 0 Å². The van der Waals surface area contributed by atoms with Crippen LogP contribution in [0.15, 0.2) is 5.38 Å². The number of hydroxylamine groups is 2. The summed E-state index contributed by atoms with van der Waals surface area (Å²) in [6, 6.07) is 0. The Bertz CT molecular complexity index is 659. The Morgan fingerprint density at radius 3 is 2.36 bits per heavy atom. The third-order valence-corrected chi connectivity index (χ3v) is 9.31. The van der Waals surface area contributed by atoms with Crippen molar-refractivity contribution >= 4 is 11.3 Å². The second-order valence-corrected chi connectivity index (χ2v) is 11.7. The summed E-state index contributed by atoms with van der Waals surface area (Å²) in [5.41, 5.74) is 2.41. The lowest BCUT2D eigenvalue weighted by Gasteiger charge is -2.55. The Kier molecular flexibility index (Phi) is 5.94. The predicted octanol–water partition coefficient (Wildman–Crippen LogP) is 6.78. The van der Waals surface area contributed by atoms with E-state index in [9.17, 15) is 0 Å². The maximum absolute atomic E-state index is 5.55. The van der Waals surface area contributed by atoms with E-state index in [1.165, 1.54) is 42.8 Å². The zero-order valence-electron chi connectivity index (χ0n) is 18.5. The van der Waals surface area contributed by atoms with Gasteiger partial charge in [0.2, 0.25) is 0 Å². The molecule has 0 aromatic carbocycles. The summed E-state index contributed by atoms with van der Waals surface area (Å²) in [7, 11) is 0. The molecule has 2 heterocycles. The average Bonchev–Trinajstić information content (AvgIpc) is 3.16. The van der Waals surface area contributed by atoms with Gasteiger partial charge < -0.3 is 0 Å². The van der Waals surface area contributed by atoms with Crippen LogP contribution in [-0.2, 0) is 4.84 Å². The van der Waals surface area contributed by atoms with Gasteiger partial charge >= 0.3 is 0 Å². The summed E-state index contributed by atoms with van der Waals surface area (Å²) >= 11 is 1.92. The minimum absolute atomic E-state index is 0.487. The van der Waals surface area contributed by atoms with Gasteiger partial charge in [-0.2, -0.15) is 5.06 Å². The lowest BCUT2D eigenvalue weighted by Crippen LogP contribution is -2.46. The molecular weight excluding hydrogens is 364 g/mol. The van der Waals surface area contributed by atoms with Gasteiger partial charge in [-0.1, -0.05) is 27.7 Å². The van der Waals surface area contributed by atoms with E-state index >= 15 is 0 Å². The van der Waals surface area contributed by atoms with Gasteiger partial charge in [-0.15, -0.1) is 11.3 Å². The number of thiazole rings is 1. The van der Waals surface area contributed by atoms with Crippen molar-refractivity contribution in [3.63, 3.8) is 0 Å². The Morgan fingerprint density at radius 2 is 1.68 bits per heavy atom. The molecule has 157 valence electrons. The van der Waals surface area contributed by atoms with E-state index in [1.54, 1.807) is 6.61 Å². The fraction of sp³-hybridized carbons (Fsp3) is 0.833. The molecule has 1 saturated heterocycles. The molecule has 4 rings (SSSR count). The SMILES string of the molecule is C[CH]ON1CCC(c2nc(C3CCC4C(C3)C(C)(C)CCC4(C)C)cs2)CC1. The molecule has 2 aliphatic carbocycles. The van der Waals surface area contributed by atoms with Gasteiger partial charge in [0.1, 0.15) is 6.61 Å². The normalized spacial score (nSPS) is 33.5. The molecule has 3 unspecified atom stereocenters. The van der Waals surface area contributed by atoms with Gasteiger partial charge in [0.25, 0.3) is 0 Å². The smallest absolute Gasteiger partial charge is 0.104 e. The van der Waals surface area contributed by atoms with E-state index in [1.807, 2.05) is 18.3 Å². The number of nitrogens with zero attached hydrogens (tertiary/aromatic N) is 2. The number of rotatable bonds is 4. The quantitative estimate of drug-likeness (QED) is 0.554. The van der Waals surface area contributed by atoms with Crippen molar-refractivity contribution in [2.75, 3.05) is 13.1 Å². The van der Waals surface area contributed by atoms with Crippen molar-refractivity contribution in [1.29, 1.82) is 0 Å². The maximum atomic E-state index is 5.55. The first-order valence-corrected chi connectivity index (χ1v) is 12.3. The standard InChI is InChI=1S/C24H39N2OS/c1-6-27-26-13-9-17(10-14-26)22-25-21(16-28-22)18-7-8-19-20(15-18)24(4,5)12-11-23(19,2)3/h6,16-20H,7-15H2,1-5H3. The predicted molar refractivity (Wildman–Crippen MR) is 117 cm³/mol. The molecule has 1 aliphatic heterocycles.